The van der Waals surface area contributed by atoms with Crippen LogP contribution in [0.3, 0.4) is 0 Å². The Balaban J connectivity index is 1.38. The number of rotatable bonds is 5. The number of nitrogens with zero attached hydrogens (tertiary/aromatic N) is 2. The van der Waals surface area contributed by atoms with Crippen LogP contribution < -0.4 is 4.72 Å². The van der Waals surface area contributed by atoms with Gasteiger partial charge in [-0.25, -0.2) is 8.42 Å². The van der Waals surface area contributed by atoms with E-state index in [1.807, 2.05) is 13.0 Å². The number of hydrogen-bond acceptors (Lipinski definition) is 5. The smallest absolute Gasteiger partial charge is 0.262 e. The minimum atomic E-state index is -3.76. The Labute approximate surface area is 204 Å². The summed E-state index contributed by atoms with van der Waals surface area (Å²) in [7, 11) is -3.76. The Kier molecular flexibility index (Phi) is 6.79. The lowest BCUT2D eigenvalue weighted by molar-refractivity contribution is 0.0533. The first-order chi connectivity index (χ1) is 16.7. The zero-order chi connectivity index (χ0) is 25.2. The SMILES string of the molecule is Cc1ccc(C)c(S(=O)(=O)Nc2ccc(C(=O)N3CCN(C(=O)c4ccccc4O)CC3)cc2)c1. The molecule has 1 fully saturated rings. The van der Waals surface area contributed by atoms with Crippen LogP contribution in [-0.4, -0.2) is 61.3 Å². The van der Waals surface area contributed by atoms with E-state index >= 15 is 0 Å². The quantitative estimate of drug-likeness (QED) is 0.567. The fourth-order valence-electron chi connectivity index (χ4n) is 4.01. The van der Waals surface area contributed by atoms with Gasteiger partial charge in [0.15, 0.2) is 0 Å². The fourth-order valence-corrected chi connectivity index (χ4v) is 5.40. The number of para-hydroxylation sites is 1. The second-order valence-electron chi connectivity index (χ2n) is 8.55. The molecule has 0 aromatic heterocycles. The fraction of sp³-hybridized carbons (Fsp3) is 0.231. The highest BCUT2D eigenvalue weighted by Crippen LogP contribution is 2.22. The number of piperazine rings is 1. The van der Waals surface area contributed by atoms with Crippen molar-refractivity contribution in [3.63, 3.8) is 0 Å². The summed E-state index contributed by atoms with van der Waals surface area (Å²) >= 11 is 0. The highest BCUT2D eigenvalue weighted by atomic mass is 32.2. The second kappa shape index (κ2) is 9.79. The van der Waals surface area contributed by atoms with Gasteiger partial charge in [-0.1, -0.05) is 24.3 Å². The molecular formula is C26H27N3O5S. The number of anilines is 1. The Bertz CT molecular complexity index is 1360. The minimum absolute atomic E-state index is 0.0655. The summed E-state index contributed by atoms with van der Waals surface area (Å²) in [5, 5.41) is 9.93. The van der Waals surface area contributed by atoms with Crippen LogP contribution in [0.4, 0.5) is 5.69 Å². The van der Waals surface area contributed by atoms with E-state index < -0.39 is 10.0 Å². The summed E-state index contributed by atoms with van der Waals surface area (Å²) in [6.45, 7) is 5.00. The highest BCUT2D eigenvalue weighted by Gasteiger charge is 2.26. The first-order valence-corrected chi connectivity index (χ1v) is 12.7. The molecule has 3 aromatic carbocycles. The van der Waals surface area contributed by atoms with Gasteiger partial charge in [-0.15, -0.1) is 0 Å². The Morgan fingerprint density at radius 2 is 1.43 bits per heavy atom. The molecule has 1 aliphatic rings. The van der Waals surface area contributed by atoms with E-state index in [1.54, 1.807) is 71.3 Å². The number of amides is 2. The van der Waals surface area contributed by atoms with Crippen molar-refractivity contribution < 1.29 is 23.1 Å². The molecule has 0 spiro atoms. The maximum absolute atomic E-state index is 12.9. The molecule has 0 saturated carbocycles. The van der Waals surface area contributed by atoms with Gasteiger partial charge in [0.05, 0.1) is 10.5 Å². The third-order valence-corrected chi connectivity index (χ3v) is 7.53. The van der Waals surface area contributed by atoms with Crippen molar-refractivity contribution in [2.75, 3.05) is 30.9 Å². The van der Waals surface area contributed by atoms with Crippen LogP contribution in [0.5, 0.6) is 5.75 Å². The highest BCUT2D eigenvalue weighted by molar-refractivity contribution is 7.92. The predicted octanol–water partition coefficient (Wildman–Crippen LogP) is 3.41. The van der Waals surface area contributed by atoms with Gasteiger partial charge in [0.25, 0.3) is 21.8 Å². The first-order valence-electron chi connectivity index (χ1n) is 11.2. The lowest BCUT2D eigenvalue weighted by Gasteiger charge is -2.35. The molecule has 2 N–H and O–H groups in total. The van der Waals surface area contributed by atoms with E-state index in [4.69, 9.17) is 0 Å². The first kappa shape index (κ1) is 24.3. The van der Waals surface area contributed by atoms with E-state index in [9.17, 15) is 23.1 Å². The molecule has 9 heteroatoms. The molecule has 0 atom stereocenters. The van der Waals surface area contributed by atoms with Gasteiger partial charge in [0, 0.05) is 37.4 Å². The molecule has 1 heterocycles. The number of hydrogen-bond donors (Lipinski definition) is 2. The normalized spacial score (nSPS) is 14.0. The van der Waals surface area contributed by atoms with Gasteiger partial charge >= 0.3 is 0 Å². The lowest BCUT2D eigenvalue weighted by atomic mass is 10.1. The molecule has 8 nitrogen and oxygen atoms in total. The average Bonchev–Trinajstić information content (AvgIpc) is 2.85. The largest absolute Gasteiger partial charge is 0.507 e. The molecule has 4 rings (SSSR count). The number of phenols is 1. The van der Waals surface area contributed by atoms with Crippen LogP contribution in [0.1, 0.15) is 31.8 Å². The van der Waals surface area contributed by atoms with E-state index in [-0.39, 0.29) is 28.0 Å². The van der Waals surface area contributed by atoms with Crippen LogP contribution in [0.15, 0.2) is 71.6 Å². The van der Waals surface area contributed by atoms with Crippen LogP contribution in [0.25, 0.3) is 0 Å². The number of benzene rings is 3. The van der Waals surface area contributed by atoms with E-state index in [1.165, 1.54) is 6.07 Å². The molecule has 0 unspecified atom stereocenters. The van der Waals surface area contributed by atoms with E-state index in [0.717, 1.165) is 5.56 Å². The van der Waals surface area contributed by atoms with Crippen molar-refractivity contribution in [1.29, 1.82) is 0 Å². The van der Waals surface area contributed by atoms with E-state index in [0.29, 0.717) is 43.0 Å². The van der Waals surface area contributed by atoms with Crippen molar-refractivity contribution in [3.05, 3.63) is 89.0 Å². The van der Waals surface area contributed by atoms with Crippen molar-refractivity contribution in [2.45, 2.75) is 18.7 Å². The monoisotopic (exact) mass is 493 g/mol. The van der Waals surface area contributed by atoms with Crippen molar-refractivity contribution in [2.24, 2.45) is 0 Å². The number of aromatic hydroxyl groups is 1. The van der Waals surface area contributed by atoms with Crippen LogP contribution in [-0.2, 0) is 10.0 Å². The van der Waals surface area contributed by atoms with Gasteiger partial charge in [-0.05, 0) is 67.4 Å². The summed E-state index contributed by atoms with van der Waals surface area (Å²) in [6, 6.07) is 17.9. The van der Waals surface area contributed by atoms with Gasteiger partial charge in [0.2, 0.25) is 0 Å². The molecule has 3 aromatic rings. The molecule has 1 aliphatic heterocycles. The third kappa shape index (κ3) is 5.30. The summed E-state index contributed by atoms with van der Waals surface area (Å²) in [5.74, 6) is -0.524. The van der Waals surface area contributed by atoms with Crippen LogP contribution in [0.2, 0.25) is 0 Å². The van der Waals surface area contributed by atoms with Crippen molar-refractivity contribution in [3.8, 4) is 5.75 Å². The summed E-state index contributed by atoms with van der Waals surface area (Å²) in [5.41, 5.74) is 2.53. The van der Waals surface area contributed by atoms with Crippen LogP contribution in [0, 0.1) is 13.8 Å². The topological polar surface area (TPSA) is 107 Å². The van der Waals surface area contributed by atoms with Crippen molar-refractivity contribution >= 4 is 27.5 Å². The van der Waals surface area contributed by atoms with E-state index in [2.05, 4.69) is 4.72 Å². The molecule has 182 valence electrons. The van der Waals surface area contributed by atoms with Gasteiger partial charge in [0.1, 0.15) is 5.75 Å². The third-order valence-electron chi connectivity index (χ3n) is 6.01. The number of nitrogens with one attached hydrogen (secondary N) is 1. The summed E-state index contributed by atoms with van der Waals surface area (Å²) < 4.78 is 28.2. The Hall–Kier alpha value is -3.85. The van der Waals surface area contributed by atoms with Crippen molar-refractivity contribution in [1.82, 2.24) is 9.80 Å². The number of phenolic OH excluding ortho intramolecular Hbond substituents is 1. The minimum Gasteiger partial charge on any atom is -0.507 e. The Morgan fingerprint density at radius 1 is 0.829 bits per heavy atom. The number of aryl methyl sites for hydroxylation is 2. The van der Waals surface area contributed by atoms with Gasteiger partial charge in [-0.3, -0.25) is 14.3 Å². The number of sulfonamides is 1. The summed E-state index contributed by atoms with van der Waals surface area (Å²) in [6.07, 6.45) is 0. The molecule has 1 saturated heterocycles. The standard InChI is InChI=1S/C26H27N3O5S/c1-18-7-8-19(2)24(17-18)35(33,34)27-21-11-9-20(10-12-21)25(31)28-13-15-29(16-14-28)26(32)22-5-3-4-6-23(22)30/h3-12,17,27,30H,13-16H2,1-2H3. The maximum atomic E-state index is 12.9. The van der Waals surface area contributed by atoms with Gasteiger partial charge < -0.3 is 14.9 Å². The lowest BCUT2D eigenvalue weighted by Crippen LogP contribution is -2.50. The number of carbonyl (C=O) groups is 2. The molecule has 0 aliphatic carbocycles. The predicted molar refractivity (Wildman–Crippen MR) is 133 cm³/mol. The maximum Gasteiger partial charge on any atom is 0.262 e. The number of carbonyl (C=O) groups excluding carboxylic acids is 2. The zero-order valence-electron chi connectivity index (χ0n) is 19.6. The summed E-state index contributed by atoms with van der Waals surface area (Å²) in [4.78, 5) is 29.1. The molecule has 0 bridgehead atoms. The average molecular weight is 494 g/mol. The molecular weight excluding hydrogens is 466 g/mol. The second-order valence-corrected chi connectivity index (χ2v) is 10.2. The van der Waals surface area contributed by atoms with Crippen LogP contribution >= 0.6 is 0 Å². The molecule has 35 heavy (non-hydrogen) atoms. The molecule has 2 amide bonds. The Morgan fingerprint density at radius 3 is 2.06 bits per heavy atom. The zero-order valence-corrected chi connectivity index (χ0v) is 20.4. The molecule has 0 radical (unpaired) electrons. The van der Waals surface area contributed by atoms with Gasteiger partial charge in [-0.2, -0.15) is 0 Å².